The van der Waals surface area contributed by atoms with Crippen molar-refractivity contribution in [2.45, 2.75) is 0 Å². The van der Waals surface area contributed by atoms with Crippen LogP contribution in [0.3, 0.4) is 0 Å². The molecular weight excluding hydrogens is 272 g/mol. The van der Waals surface area contributed by atoms with Crippen molar-refractivity contribution in [2.75, 3.05) is 0 Å². The molecule has 0 aliphatic heterocycles. The Labute approximate surface area is 80.3 Å². The van der Waals surface area contributed by atoms with Gasteiger partial charge >= 0.3 is 0 Å². The molecule has 0 radical (unpaired) electrons. The first-order valence-electron chi connectivity index (χ1n) is 3.07. The van der Waals surface area contributed by atoms with Crippen molar-refractivity contribution < 1.29 is 0 Å². The van der Waals surface area contributed by atoms with E-state index in [1.165, 1.54) is 0 Å². The molecule has 0 bridgehead atoms. The highest BCUT2D eigenvalue weighted by atomic mass is 79.9. The number of imidazole rings is 1. The maximum absolute atomic E-state index is 4.23. The average molecular weight is 276 g/mol. The minimum Gasteiger partial charge on any atom is -0.332 e. The first kappa shape index (κ1) is 7.31. The Bertz CT molecular complexity index is 394. The zero-order valence-electron chi connectivity index (χ0n) is 5.44. The molecule has 4 heteroatoms. The number of aromatic nitrogens is 2. The van der Waals surface area contributed by atoms with Gasteiger partial charge in [-0.2, -0.15) is 0 Å². The van der Waals surface area contributed by atoms with Gasteiger partial charge in [-0.1, -0.05) is 6.07 Å². The topological polar surface area (TPSA) is 28.7 Å². The molecule has 1 heterocycles. The van der Waals surface area contributed by atoms with E-state index in [9.17, 15) is 0 Å². The van der Waals surface area contributed by atoms with Crippen molar-refractivity contribution in [1.29, 1.82) is 0 Å². The van der Waals surface area contributed by atoms with Crippen molar-refractivity contribution in [3.8, 4) is 0 Å². The summed E-state index contributed by atoms with van der Waals surface area (Å²) in [5.74, 6) is 0. The summed E-state index contributed by atoms with van der Waals surface area (Å²) in [4.78, 5) is 7.30. The molecule has 0 saturated carbocycles. The predicted octanol–water partition coefficient (Wildman–Crippen LogP) is 3.09. The Morgan fingerprint density at radius 1 is 1.27 bits per heavy atom. The SMILES string of the molecule is Brc1nc2c(Br)cccc2[nH]1. The van der Waals surface area contributed by atoms with Crippen LogP contribution in [0.15, 0.2) is 27.4 Å². The summed E-state index contributed by atoms with van der Waals surface area (Å²) in [5, 5.41) is 0. The molecule has 0 aliphatic carbocycles. The molecule has 0 fully saturated rings. The minimum atomic E-state index is 0.763. The second-order valence-corrected chi connectivity index (χ2v) is 3.77. The molecule has 0 unspecified atom stereocenters. The van der Waals surface area contributed by atoms with Crippen LogP contribution in [0.4, 0.5) is 0 Å². The van der Waals surface area contributed by atoms with Crippen LogP contribution >= 0.6 is 31.9 Å². The third-order valence-corrected chi connectivity index (χ3v) is 2.45. The average Bonchev–Trinajstić information content (AvgIpc) is 2.31. The van der Waals surface area contributed by atoms with Gasteiger partial charge in [-0.3, -0.25) is 0 Å². The summed E-state index contributed by atoms with van der Waals surface area (Å²) >= 11 is 6.68. The number of hydrogen-bond donors (Lipinski definition) is 1. The Hall–Kier alpha value is -0.350. The van der Waals surface area contributed by atoms with Gasteiger partial charge in [0.2, 0.25) is 0 Å². The third-order valence-electron chi connectivity index (χ3n) is 1.43. The third kappa shape index (κ3) is 1.20. The molecule has 0 spiro atoms. The fourth-order valence-electron chi connectivity index (χ4n) is 0.967. The smallest absolute Gasteiger partial charge is 0.175 e. The molecule has 0 aliphatic rings. The standard InChI is InChI=1S/C7H4Br2N2/c8-4-2-1-3-5-6(4)11-7(9)10-5/h1-3H,(H,10,11). The number of aromatic amines is 1. The van der Waals surface area contributed by atoms with Gasteiger partial charge in [0.15, 0.2) is 4.73 Å². The lowest BCUT2D eigenvalue weighted by molar-refractivity contribution is 1.27. The van der Waals surface area contributed by atoms with Gasteiger partial charge in [0.05, 0.1) is 5.52 Å². The number of fused-ring (bicyclic) bond motifs is 1. The molecule has 56 valence electrons. The van der Waals surface area contributed by atoms with Gasteiger partial charge in [0, 0.05) is 4.47 Å². The van der Waals surface area contributed by atoms with Crippen LogP contribution in [-0.2, 0) is 0 Å². The van der Waals surface area contributed by atoms with Crippen molar-refractivity contribution >= 4 is 42.9 Å². The fraction of sp³-hybridized carbons (Fsp3) is 0. The van der Waals surface area contributed by atoms with E-state index in [-0.39, 0.29) is 0 Å². The van der Waals surface area contributed by atoms with Crippen molar-refractivity contribution in [2.24, 2.45) is 0 Å². The normalized spacial score (nSPS) is 10.7. The maximum Gasteiger partial charge on any atom is 0.175 e. The van der Waals surface area contributed by atoms with E-state index < -0.39 is 0 Å². The molecule has 1 N–H and O–H groups in total. The van der Waals surface area contributed by atoms with E-state index in [4.69, 9.17) is 0 Å². The fourth-order valence-corrected chi connectivity index (χ4v) is 1.81. The summed E-state index contributed by atoms with van der Waals surface area (Å²) < 4.78 is 1.77. The quantitative estimate of drug-likeness (QED) is 0.786. The molecule has 0 amide bonds. The molecule has 2 rings (SSSR count). The molecule has 1 aromatic heterocycles. The van der Waals surface area contributed by atoms with Crippen LogP contribution in [0, 0.1) is 0 Å². The van der Waals surface area contributed by atoms with Crippen molar-refractivity contribution in [1.82, 2.24) is 9.97 Å². The minimum absolute atomic E-state index is 0.763. The molecule has 2 aromatic rings. The van der Waals surface area contributed by atoms with Crippen molar-refractivity contribution in [3.05, 3.63) is 27.4 Å². The van der Waals surface area contributed by atoms with Gasteiger partial charge in [-0.15, -0.1) is 0 Å². The number of halogens is 2. The highest BCUT2D eigenvalue weighted by Gasteiger charge is 2.01. The van der Waals surface area contributed by atoms with E-state index in [1.54, 1.807) is 0 Å². The van der Waals surface area contributed by atoms with Gasteiger partial charge < -0.3 is 4.98 Å². The van der Waals surface area contributed by atoms with Gasteiger partial charge in [-0.05, 0) is 44.0 Å². The van der Waals surface area contributed by atoms with Crippen LogP contribution in [0.1, 0.15) is 0 Å². The number of benzene rings is 1. The van der Waals surface area contributed by atoms with E-state index >= 15 is 0 Å². The summed E-state index contributed by atoms with van der Waals surface area (Å²) in [6.45, 7) is 0. The van der Waals surface area contributed by atoms with Crippen LogP contribution in [0.5, 0.6) is 0 Å². The molecular formula is C7H4Br2N2. The first-order chi connectivity index (χ1) is 5.27. The lowest BCUT2D eigenvalue weighted by atomic mass is 10.3. The summed E-state index contributed by atoms with van der Waals surface area (Å²) in [6, 6.07) is 5.92. The zero-order valence-corrected chi connectivity index (χ0v) is 8.61. The van der Waals surface area contributed by atoms with Crippen LogP contribution < -0.4 is 0 Å². The second kappa shape index (κ2) is 2.60. The Morgan fingerprint density at radius 2 is 2.09 bits per heavy atom. The Kier molecular flexibility index (Phi) is 1.73. The number of nitrogens with zero attached hydrogens (tertiary/aromatic N) is 1. The number of nitrogens with one attached hydrogen (secondary N) is 1. The molecule has 1 aromatic carbocycles. The summed E-state index contributed by atoms with van der Waals surface area (Å²) in [7, 11) is 0. The van der Waals surface area contributed by atoms with E-state index in [0.29, 0.717) is 0 Å². The number of para-hydroxylation sites is 1. The number of hydrogen-bond acceptors (Lipinski definition) is 1. The Balaban J connectivity index is 2.90. The van der Waals surface area contributed by atoms with Crippen LogP contribution in [0.2, 0.25) is 0 Å². The summed E-state index contributed by atoms with van der Waals surface area (Å²) in [5.41, 5.74) is 1.99. The zero-order chi connectivity index (χ0) is 7.84. The highest BCUT2D eigenvalue weighted by Crippen LogP contribution is 2.22. The molecule has 0 atom stereocenters. The van der Waals surface area contributed by atoms with Crippen LogP contribution in [0.25, 0.3) is 11.0 Å². The van der Waals surface area contributed by atoms with Crippen LogP contribution in [-0.4, -0.2) is 9.97 Å². The lowest BCUT2D eigenvalue weighted by Crippen LogP contribution is -1.69. The highest BCUT2D eigenvalue weighted by molar-refractivity contribution is 9.11. The number of rotatable bonds is 0. The molecule has 2 nitrogen and oxygen atoms in total. The van der Waals surface area contributed by atoms with Gasteiger partial charge in [-0.25, -0.2) is 4.98 Å². The molecule has 0 saturated heterocycles. The van der Waals surface area contributed by atoms with E-state index in [0.717, 1.165) is 20.2 Å². The lowest BCUT2D eigenvalue weighted by Gasteiger charge is -1.88. The monoisotopic (exact) mass is 274 g/mol. The molecule has 11 heavy (non-hydrogen) atoms. The maximum atomic E-state index is 4.23. The Morgan fingerprint density at radius 3 is 2.82 bits per heavy atom. The van der Waals surface area contributed by atoms with Gasteiger partial charge in [0.25, 0.3) is 0 Å². The second-order valence-electron chi connectivity index (χ2n) is 2.16. The van der Waals surface area contributed by atoms with Gasteiger partial charge in [0.1, 0.15) is 5.52 Å². The predicted molar refractivity (Wildman–Crippen MR) is 51.5 cm³/mol. The van der Waals surface area contributed by atoms with E-state index in [2.05, 4.69) is 41.8 Å². The van der Waals surface area contributed by atoms with E-state index in [1.807, 2.05) is 18.2 Å². The largest absolute Gasteiger partial charge is 0.332 e. The summed E-state index contributed by atoms with van der Waals surface area (Å²) in [6.07, 6.45) is 0. The number of H-pyrrole nitrogens is 1. The first-order valence-corrected chi connectivity index (χ1v) is 4.66. The van der Waals surface area contributed by atoms with Crippen molar-refractivity contribution in [3.63, 3.8) is 0 Å².